The first kappa shape index (κ1) is 9.26. The van der Waals surface area contributed by atoms with Crippen molar-refractivity contribution in [2.24, 2.45) is 0 Å². The van der Waals surface area contributed by atoms with Crippen molar-refractivity contribution in [1.82, 2.24) is 0 Å². The quantitative estimate of drug-likeness (QED) is 0.648. The highest BCUT2D eigenvalue weighted by Crippen LogP contribution is 2.28. The van der Waals surface area contributed by atoms with E-state index in [0.29, 0.717) is 0 Å². The van der Waals surface area contributed by atoms with E-state index in [9.17, 15) is 0 Å². The third-order valence-electron chi connectivity index (χ3n) is 2.97. The predicted molar refractivity (Wildman–Crippen MR) is 62.1 cm³/mol. The Morgan fingerprint density at radius 1 is 1.00 bits per heavy atom. The van der Waals surface area contributed by atoms with E-state index in [1.54, 1.807) is 5.57 Å². The molecule has 0 atom stereocenters. The second kappa shape index (κ2) is 3.83. The zero-order valence-corrected chi connectivity index (χ0v) is 8.88. The molecule has 0 aliphatic heterocycles. The number of hydrogen-bond acceptors (Lipinski definition) is 0. The molecule has 0 heterocycles. The average molecular weight is 184 g/mol. The average Bonchev–Trinajstić information content (AvgIpc) is 2.19. The Hall–Kier alpha value is -1.30. The van der Waals surface area contributed by atoms with E-state index < -0.39 is 0 Å². The number of hydrogen-bond donors (Lipinski definition) is 0. The van der Waals surface area contributed by atoms with Gasteiger partial charge in [-0.15, -0.1) is 0 Å². The minimum Gasteiger partial charge on any atom is -0.0698 e. The van der Waals surface area contributed by atoms with E-state index in [4.69, 9.17) is 0 Å². The second-order valence-electron chi connectivity index (χ2n) is 4.00. The second-order valence-corrected chi connectivity index (χ2v) is 4.00. The largest absolute Gasteiger partial charge is 0.0698 e. The molecule has 0 aromatic heterocycles. The van der Waals surface area contributed by atoms with Gasteiger partial charge in [-0.25, -0.2) is 0 Å². The van der Waals surface area contributed by atoms with Gasteiger partial charge in [-0.2, -0.15) is 0 Å². The molecule has 0 fully saturated rings. The summed E-state index contributed by atoms with van der Waals surface area (Å²) >= 11 is 0. The van der Waals surface area contributed by atoms with Crippen LogP contribution in [0.15, 0.2) is 41.5 Å². The van der Waals surface area contributed by atoms with Crippen LogP contribution in [0.5, 0.6) is 0 Å². The molecule has 0 unspecified atom stereocenters. The molecule has 1 aromatic carbocycles. The fourth-order valence-electron chi connectivity index (χ4n) is 1.71. The Morgan fingerprint density at radius 2 is 1.79 bits per heavy atom. The molecule has 1 aromatic rings. The van der Waals surface area contributed by atoms with Gasteiger partial charge in [0.05, 0.1) is 0 Å². The van der Waals surface area contributed by atoms with Crippen molar-refractivity contribution in [2.75, 3.05) is 0 Å². The summed E-state index contributed by atoms with van der Waals surface area (Å²) in [5.74, 6) is 0. The summed E-state index contributed by atoms with van der Waals surface area (Å²) < 4.78 is 0. The molecule has 14 heavy (non-hydrogen) atoms. The number of allylic oxidation sites excluding steroid dienone is 3. The fraction of sp³-hybridized carbons (Fsp3) is 0.286. The van der Waals surface area contributed by atoms with E-state index in [1.165, 1.54) is 29.5 Å². The topological polar surface area (TPSA) is 0 Å². The van der Waals surface area contributed by atoms with Crippen LogP contribution in [0.4, 0.5) is 0 Å². The summed E-state index contributed by atoms with van der Waals surface area (Å²) in [6, 6.07) is 8.50. The van der Waals surface area contributed by atoms with E-state index >= 15 is 0 Å². The highest BCUT2D eigenvalue weighted by atomic mass is 14.1. The molecule has 1 aliphatic carbocycles. The SMILES string of the molecule is CC1=C(/C=C\c2ccccc2C)CC1. The van der Waals surface area contributed by atoms with Crippen LogP contribution >= 0.6 is 0 Å². The molecule has 0 radical (unpaired) electrons. The van der Waals surface area contributed by atoms with Gasteiger partial charge in [0.1, 0.15) is 0 Å². The molecule has 1 aliphatic rings. The molecule has 0 amide bonds. The van der Waals surface area contributed by atoms with Crippen molar-refractivity contribution >= 4 is 6.08 Å². The monoisotopic (exact) mass is 184 g/mol. The normalized spacial score (nSPS) is 16.1. The van der Waals surface area contributed by atoms with Crippen LogP contribution in [-0.2, 0) is 0 Å². The summed E-state index contributed by atoms with van der Waals surface area (Å²) in [4.78, 5) is 0. The molecule has 0 N–H and O–H groups in total. The first-order valence-electron chi connectivity index (χ1n) is 5.20. The maximum atomic E-state index is 2.27. The van der Waals surface area contributed by atoms with Gasteiger partial charge in [-0.05, 0) is 43.4 Å². The van der Waals surface area contributed by atoms with E-state index in [1.807, 2.05) is 0 Å². The van der Waals surface area contributed by atoms with Crippen molar-refractivity contribution in [3.8, 4) is 0 Å². The van der Waals surface area contributed by atoms with Crippen LogP contribution in [-0.4, -0.2) is 0 Å². The van der Waals surface area contributed by atoms with E-state index in [-0.39, 0.29) is 0 Å². The predicted octanol–water partition coefficient (Wildman–Crippen LogP) is 4.12. The minimum absolute atomic E-state index is 1.26. The Balaban J connectivity index is 2.19. The minimum atomic E-state index is 1.26. The van der Waals surface area contributed by atoms with Crippen molar-refractivity contribution in [2.45, 2.75) is 26.7 Å². The fourth-order valence-corrected chi connectivity index (χ4v) is 1.71. The molecule has 0 nitrogen and oxygen atoms in total. The highest BCUT2D eigenvalue weighted by molar-refractivity contribution is 5.57. The van der Waals surface area contributed by atoms with Crippen molar-refractivity contribution in [3.63, 3.8) is 0 Å². The smallest absolute Gasteiger partial charge is 0.0227 e. The van der Waals surface area contributed by atoms with Crippen molar-refractivity contribution in [3.05, 3.63) is 52.6 Å². The van der Waals surface area contributed by atoms with Gasteiger partial charge < -0.3 is 0 Å². The lowest BCUT2D eigenvalue weighted by atomic mass is 9.89. The summed E-state index contributed by atoms with van der Waals surface area (Å²) in [5, 5.41) is 0. The lowest BCUT2D eigenvalue weighted by Gasteiger charge is -2.17. The lowest BCUT2D eigenvalue weighted by Crippen LogP contribution is -1.97. The molecule has 2 rings (SSSR count). The summed E-state index contributed by atoms with van der Waals surface area (Å²) in [7, 11) is 0. The lowest BCUT2D eigenvalue weighted by molar-refractivity contribution is 0.828. The van der Waals surface area contributed by atoms with Crippen LogP contribution in [0.2, 0.25) is 0 Å². The molecule has 0 heteroatoms. The first-order valence-corrected chi connectivity index (χ1v) is 5.20. The van der Waals surface area contributed by atoms with Gasteiger partial charge in [0, 0.05) is 0 Å². The highest BCUT2D eigenvalue weighted by Gasteiger charge is 2.08. The first-order chi connectivity index (χ1) is 6.77. The van der Waals surface area contributed by atoms with Crippen LogP contribution < -0.4 is 0 Å². The zero-order chi connectivity index (χ0) is 9.97. The van der Waals surface area contributed by atoms with Gasteiger partial charge in [0.25, 0.3) is 0 Å². The number of rotatable bonds is 2. The number of aryl methyl sites for hydroxylation is 1. The van der Waals surface area contributed by atoms with Gasteiger partial charge in [-0.3, -0.25) is 0 Å². The summed E-state index contributed by atoms with van der Waals surface area (Å²) in [6.45, 7) is 4.38. The van der Waals surface area contributed by atoms with Crippen LogP contribution in [0.3, 0.4) is 0 Å². The van der Waals surface area contributed by atoms with E-state index in [0.717, 1.165) is 0 Å². The zero-order valence-electron chi connectivity index (χ0n) is 8.88. The third kappa shape index (κ3) is 1.79. The summed E-state index contributed by atoms with van der Waals surface area (Å²) in [6.07, 6.45) is 7.04. The Labute approximate surface area is 86.0 Å². The van der Waals surface area contributed by atoms with Gasteiger partial charge >= 0.3 is 0 Å². The number of benzene rings is 1. The molecular formula is C14H16. The Bertz CT molecular complexity index is 394. The third-order valence-corrected chi connectivity index (χ3v) is 2.97. The van der Waals surface area contributed by atoms with Gasteiger partial charge in [-0.1, -0.05) is 42.0 Å². The summed E-state index contributed by atoms with van der Waals surface area (Å²) in [5.41, 5.74) is 5.75. The maximum Gasteiger partial charge on any atom is -0.0227 e. The van der Waals surface area contributed by atoms with Crippen LogP contribution in [0.1, 0.15) is 30.9 Å². The Kier molecular flexibility index (Phi) is 2.53. The van der Waals surface area contributed by atoms with Crippen LogP contribution in [0, 0.1) is 6.92 Å². The van der Waals surface area contributed by atoms with E-state index in [2.05, 4.69) is 50.3 Å². The van der Waals surface area contributed by atoms with Crippen molar-refractivity contribution < 1.29 is 0 Å². The van der Waals surface area contributed by atoms with Crippen molar-refractivity contribution in [1.29, 1.82) is 0 Å². The van der Waals surface area contributed by atoms with Crippen LogP contribution in [0.25, 0.3) is 6.08 Å². The maximum absolute atomic E-state index is 2.27. The molecule has 72 valence electrons. The molecular weight excluding hydrogens is 168 g/mol. The Morgan fingerprint density at radius 3 is 2.36 bits per heavy atom. The van der Waals surface area contributed by atoms with Gasteiger partial charge in [0.15, 0.2) is 0 Å². The molecule has 0 saturated heterocycles. The van der Waals surface area contributed by atoms with Gasteiger partial charge in [0.2, 0.25) is 0 Å². The molecule has 0 bridgehead atoms. The standard InChI is InChI=1S/C14H16/c1-11-5-3-4-6-13(11)9-10-14-8-7-12(14)2/h3-6,9-10H,7-8H2,1-2H3/b10-9-. The molecule has 0 saturated carbocycles. The molecule has 0 spiro atoms.